The summed E-state index contributed by atoms with van der Waals surface area (Å²) in [6.45, 7) is 5.97. The third kappa shape index (κ3) is 3.71. The van der Waals surface area contributed by atoms with Crippen LogP contribution in [0.5, 0.6) is 0 Å². The van der Waals surface area contributed by atoms with Gasteiger partial charge < -0.3 is 11.5 Å². The predicted molar refractivity (Wildman–Crippen MR) is 96.2 cm³/mol. The highest BCUT2D eigenvalue weighted by molar-refractivity contribution is 5.37. The number of hydrogen-bond donors (Lipinski definition) is 2. The van der Waals surface area contributed by atoms with Gasteiger partial charge in [0.25, 0.3) is 0 Å². The Kier molecular flexibility index (Phi) is 4.47. The molecule has 0 aliphatic rings. The number of aryl methyl sites for hydroxylation is 2. The van der Waals surface area contributed by atoms with E-state index in [2.05, 4.69) is 35.1 Å². The molecule has 0 spiro atoms. The molecule has 0 bridgehead atoms. The monoisotopic (exact) mass is 320 g/mol. The van der Waals surface area contributed by atoms with Crippen molar-refractivity contribution in [3.63, 3.8) is 0 Å². The van der Waals surface area contributed by atoms with Crippen LogP contribution in [0.15, 0.2) is 61.2 Å². The summed E-state index contributed by atoms with van der Waals surface area (Å²) in [5.41, 5.74) is 18.5. The minimum absolute atomic E-state index is 0.779. The molecule has 2 heterocycles. The molecule has 3 aromatic rings. The molecule has 0 unspecified atom stereocenters. The average Bonchev–Trinajstić information content (AvgIpc) is 2.52. The van der Waals surface area contributed by atoms with Crippen molar-refractivity contribution in [3.8, 4) is 0 Å². The van der Waals surface area contributed by atoms with E-state index in [9.17, 15) is 0 Å². The lowest BCUT2D eigenvalue weighted by Gasteiger charge is -2.09. The first-order valence-electron chi connectivity index (χ1n) is 8.09. The number of pyridine rings is 2. The quantitative estimate of drug-likeness (QED) is 0.724. The van der Waals surface area contributed by atoms with Gasteiger partial charge in [-0.15, -0.1) is 0 Å². The number of anilines is 2. The lowest BCUT2D eigenvalue weighted by atomic mass is 9.99. The van der Waals surface area contributed by atoms with Gasteiger partial charge >= 0.3 is 0 Å². The van der Waals surface area contributed by atoms with Crippen LogP contribution >= 0.6 is 0 Å². The largest absolute Gasteiger partial charge is 0.394 e. The zero-order valence-electron chi connectivity index (χ0n) is 14.2. The van der Waals surface area contributed by atoms with Crippen LogP contribution in [0, 0.1) is 13.8 Å². The van der Waals surface area contributed by atoms with E-state index in [0.717, 1.165) is 24.5 Å². The molecule has 2 aromatic heterocycles. The van der Waals surface area contributed by atoms with Crippen LogP contribution in [0.4, 0.5) is 11.4 Å². The van der Waals surface area contributed by atoms with E-state index < -0.39 is 0 Å². The number of nitrogen functional groups attached to an aromatic ring is 2. The fourth-order valence-corrected chi connectivity index (χ4v) is 2.95. The Morgan fingerprint density at radius 1 is 0.750 bits per heavy atom. The summed E-state index contributed by atoms with van der Waals surface area (Å²) in [6.07, 6.45) is 8.01. The molecule has 24 heavy (non-hydrogen) atoms. The lowest BCUT2D eigenvalue weighted by Crippen LogP contribution is -2.35. The van der Waals surface area contributed by atoms with Gasteiger partial charge in [0.2, 0.25) is 0 Å². The fourth-order valence-electron chi connectivity index (χ4n) is 2.95. The van der Waals surface area contributed by atoms with Crippen LogP contribution in [0.2, 0.25) is 0 Å². The van der Waals surface area contributed by atoms with E-state index in [0.29, 0.717) is 0 Å². The van der Waals surface area contributed by atoms with Crippen LogP contribution in [0.1, 0.15) is 22.3 Å². The molecule has 0 amide bonds. The van der Waals surface area contributed by atoms with Crippen molar-refractivity contribution in [1.29, 1.82) is 0 Å². The second-order valence-electron chi connectivity index (χ2n) is 6.32. The minimum atomic E-state index is 0.779. The fraction of sp³-hybridized carbons (Fsp3) is 0.200. The van der Waals surface area contributed by atoms with E-state index in [4.69, 9.17) is 11.5 Å². The Labute approximate surface area is 143 Å². The Balaban J connectivity index is 1.85. The maximum absolute atomic E-state index is 5.87. The molecule has 122 valence electrons. The summed E-state index contributed by atoms with van der Waals surface area (Å²) in [5.74, 6) is 0. The molecule has 0 radical (unpaired) electrons. The molecule has 4 N–H and O–H groups in total. The van der Waals surface area contributed by atoms with Crippen molar-refractivity contribution < 1.29 is 9.13 Å². The Bertz CT molecular complexity index is 798. The second-order valence-corrected chi connectivity index (χ2v) is 6.32. The number of nitrogens with two attached hydrogens (primary N) is 2. The van der Waals surface area contributed by atoms with E-state index >= 15 is 0 Å². The molecule has 0 aliphatic heterocycles. The third-order valence-corrected chi connectivity index (χ3v) is 4.26. The van der Waals surface area contributed by atoms with Crippen molar-refractivity contribution in [3.05, 3.63) is 83.4 Å². The van der Waals surface area contributed by atoms with Gasteiger partial charge in [-0.3, -0.25) is 0 Å². The van der Waals surface area contributed by atoms with E-state index in [1.165, 1.54) is 22.3 Å². The third-order valence-electron chi connectivity index (χ3n) is 4.26. The number of aromatic nitrogens is 2. The molecule has 4 heteroatoms. The standard InChI is InChI=1S/C20H24N4/c1-15-9-18(12-24-8-4-6-20(22)14-24)16(2)10-17(15)11-23-7-3-5-19(21)13-23/h3-10,13-14H,11-12,21-22H2,1-2H3/q+2. The van der Waals surface area contributed by atoms with Crippen LogP contribution in [-0.2, 0) is 13.1 Å². The van der Waals surface area contributed by atoms with Crippen molar-refractivity contribution >= 4 is 11.4 Å². The van der Waals surface area contributed by atoms with Gasteiger partial charge in [0.15, 0.2) is 37.9 Å². The van der Waals surface area contributed by atoms with Crippen LogP contribution in [0.25, 0.3) is 0 Å². The zero-order chi connectivity index (χ0) is 17.1. The molecular weight excluding hydrogens is 296 g/mol. The smallest absolute Gasteiger partial charge is 0.192 e. The molecule has 4 nitrogen and oxygen atoms in total. The molecule has 0 aliphatic carbocycles. The highest BCUT2D eigenvalue weighted by Crippen LogP contribution is 2.16. The molecule has 0 fully saturated rings. The van der Waals surface area contributed by atoms with Crippen LogP contribution in [0.3, 0.4) is 0 Å². The molecule has 0 saturated heterocycles. The Morgan fingerprint density at radius 3 is 1.54 bits per heavy atom. The molecule has 3 rings (SSSR count). The molecule has 0 saturated carbocycles. The summed E-state index contributed by atoms with van der Waals surface area (Å²) in [4.78, 5) is 0. The van der Waals surface area contributed by atoms with E-state index in [1.807, 2.05) is 49.1 Å². The summed E-state index contributed by atoms with van der Waals surface area (Å²) in [6, 6.07) is 12.3. The maximum atomic E-state index is 5.87. The van der Waals surface area contributed by atoms with E-state index in [1.54, 1.807) is 0 Å². The highest BCUT2D eigenvalue weighted by atomic mass is 14.9. The number of rotatable bonds is 4. The minimum Gasteiger partial charge on any atom is -0.394 e. The van der Waals surface area contributed by atoms with Crippen LogP contribution < -0.4 is 20.6 Å². The van der Waals surface area contributed by atoms with Gasteiger partial charge in [-0.25, -0.2) is 0 Å². The summed E-state index contributed by atoms with van der Waals surface area (Å²) in [5, 5.41) is 0. The average molecular weight is 320 g/mol. The Hall–Kier alpha value is -2.88. The van der Waals surface area contributed by atoms with Crippen molar-refractivity contribution in [2.45, 2.75) is 26.9 Å². The number of benzene rings is 1. The number of hydrogen-bond acceptors (Lipinski definition) is 2. The van der Waals surface area contributed by atoms with Gasteiger partial charge in [-0.1, -0.05) is 0 Å². The summed E-state index contributed by atoms with van der Waals surface area (Å²) < 4.78 is 4.23. The van der Waals surface area contributed by atoms with Crippen LogP contribution in [-0.4, -0.2) is 0 Å². The van der Waals surface area contributed by atoms with Gasteiger partial charge in [0.05, 0.1) is 11.4 Å². The molecule has 0 atom stereocenters. The number of nitrogens with zero attached hydrogens (tertiary/aromatic N) is 2. The lowest BCUT2D eigenvalue weighted by molar-refractivity contribution is -0.688. The van der Waals surface area contributed by atoms with Crippen molar-refractivity contribution in [2.24, 2.45) is 0 Å². The topological polar surface area (TPSA) is 59.8 Å². The SMILES string of the molecule is Cc1cc(C[n+]2cccc(N)c2)c(C)cc1C[n+]1cccc(N)c1. The van der Waals surface area contributed by atoms with Crippen molar-refractivity contribution in [2.75, 3.05) is 11.5 Å². The Morgan fingerprint density at radius 2 is 1.17 bits per heavy atom. The second kappa shape index (κ2) is 6.71. The van der Waals surface area contributed by atoms with Crippen molar-refractivity contribution in [1.82, 2.24) is 0 Å². The molecule has 1 aromatic carbocycles. The van der Waals surface area contributed by atoms with E-state index in [-0.39, 0.29) is 0 Å². The van der Waals surface area contributed by atoms with Gasteiger partial charge in [-0.2, -0.15) is 9.13 Å². The highest BCUT2D eigenvalue weighted by Gasteiger charge is 2.12. The summed E-state index contributed by atoms with van der Waals surface area (Å²) in [7, 11) is 0. The first kappa shape index (κ1) is 16.0. The zero-order valence-corrected chi connectivity index (χ0v) is 14.2. The normalized spacial score (nSPS) is 10.8. The predicted octanol–water partition coefficient (Wildman–Crippen LogP) is 2.14. The molecular formula is C20H24N4+2. The first-order chi connectivity index (χ1) is 11.5. The maximum Gasteiger partial charge on any atom is 0.192 e. The summed E-state index contributed by atoms with van der Waals surface area (Å²) >= 11 is 0. The van der Waals surface area contributed by atoms with Gasteiger partial charge in [-0.05, 0) is 49.2 Å². The first-order valence-corrected chi connectivity index (χ1v) is 8.09. The van der Waals surface area contributed by atoms with Gasteiger partial charge in [0, 0.05) is 23.3 Å². The van der Waals surface area contributed by atoms with Gasteiger partial charge in [0.1, 0.15) is 0 Å².